The van der Waals surface area contributed by atoms with E-state index in [9.17, 15) is 13.6 Å². The molecule has 0 bridgehead atoms. The van der Waals surface area contributed by atoms with Crippen LogP contribution in [0, 0.1) is 11.6 Å². The van der Waals surface area contributed by atoms with E-state index in [0.717, 1.165) is 35.9 Å². The Morgan fingerprint density at radius 2 is 2.15 bits per heavy atom. The van der Waals surface area contributed by atoms with Gasteiger partial charge in [-0.25, -0.2) is 8.78 Å². The zero-order valence-corrected chi connectivity index (χ0v) is 14.5. The monoisotopic (exact) mass is 359 g/mol. The Hall–Kier alpha value is -2.89. The molecular formula is C20H19F2NO3. The lowest BCUT2D eigenvalue weighted by molar-refractivity contribution is -0.111. The third kappa shape index (κ3) is 4.02. The topological polar surface area (TPSA) is 47.6 Å². The molecule has 1 aliphatic rings. The first-order valence-electron chi connectivity index (χ1n) is 8.36. The minimum atomic E-state index is -0.705. The van der Waals surface area contributed by atoms with Crippen molar-refractivity contribution in [3.63, 3.8) is 0 Å². The number of nitrogens with one attached hydrogen (secondary N) is 1. The van der Waals surface area contributed by atoms with Crippen LogP contribution >= 0.6 is 0 Å². The van der Waals surface area contributed by atoms with Gasteiger partial charge in [0.15, 0.2) is 0 Å². The lowest BCUT2D eigenvalue weighted by Crippen LogP contribution is -2.09. The molecule has 1 heterocycles. The van der Waals surface area contributed by atoms with Gasteiger partial charge >= 0.3 is 0 Å². The third-order valence-corrected chi connectivity index (χ3v) is 3.93. The fourth-order valence-corrected chi connectivity index (χ4v) is 2.80. The SMILES string of the molecule is CCOc1cc2c(cc1C=CC(=O)Nc1cc(F)ccc1F)OC(C)C2. The number of hydrogen-bond donors (Lipinski definition) is 1. The van der Waals surface area contributed by atoms with Crippen LogP contribution in [0.25, 0.3) is 6.08 Å². The normalized spacial score (nSPS) is 15.6. The second kappa shape index (κ2) is 7.56. The average Bonchev–Trinajstić information content (AvgIpc) is 2.95. The Balaban J connectivity index is 1.80. The Kier molecular flexibility index (Phi) is 5.21. The van der Waals surface area contributed by atoms with E-state index in [0.29, 0.717) is 17.9 Å². The van der Waals surface area contributed by atoms with Crippen LogP contribution in [0.5, 0.6) is 11.5 Å². The molecule has 1 unspecified atom stereocenters. The van der Waals surface area contributed by atoms with Crippen LogP contribution in [0.2, 0.25) is 0 Å². The van der Waals surface area contributed by atoms with Crippen molar-refractivity contribution in [2.75, 3.05) is 11.9 Å². The van der Waals surface area contributed by atoms with Crippen molar-refractivity contribution < 1.29 is 23.0 Å². The Labute approximate surface area is 150 Å². The fourth-order valence-electron chi connectivity index (χ4n) is 2.80. The molecule has 0 radical (unpaired) electrons. The smallest absolute Gasteiger partial charge is 0.248 e. The van der Waals surface area contributed by atoms with Crippen molar-refractivity contribution in [1.29, 1.82) is 0 Å². The predicted octanol–water partition coefficient (Wildman–Crippen LogP) is 4.34. The highest BCUT2D eigenvalue weighted by molar-refractivity contribution is 6.02. The highest BCUT2D eigenvalue weighted by Gasteiger charge is 2.21. The summed E-state index contributed by atoms with van der Waals surface area (Å²) in [6, 6.07) is 6.60. The Morgan fingerprint density at radius 1 is 1.35 bits per heavy atom. The number of fused-ring (bicyclic) bond motifs is 1. The molecule has 1 N–H and O–H groups in total. The first-order valence-corrected chi connectivity index (χ1v) is 8.36. The molecule has 6 heteroatoms. The van der Waals surface area contributed by atoms with Crippen molar-refractivity contribution in [3.8, 4) is 11.5 Å². The van der Waals surface area contributed by atoms with Gasteiger partial charge in [-0.2, -0.15) is 0 Å². The molecule has 0 saturated carbocycles. The van der Waals surface area contributed by atoms with Gasteiger partial charge < -0.3 is 14.8 Å². The molecule has 2 aromatic rings. The molecule has 1 atom stereocenters. The maximum absolute atomic E-state index is 13.6. The maximum Gasteiger partial charge on any atom is 0.248 e. The van der Waals surface area contributed by atoms with Crippen LogP contribution in [-0.2, 0) is 11.2 Å². The number of ether oxygens (including phenoxy) is 2. The number of hydrogen-bond acceptors (Lipinski definition) is 3. The van der Waals surface area contributed by atoms with Gasteiger partial charge in [-0.3, -0.25) is 4.79 Å². The van der Waals surface area contributed by atoms with Gasteiger partial charge in [-0.15, -0.1) is 0 Å². The highest BCUT2D eigenvalue weighted by Crippen LogP contribution is 2.35. The number of carbonyl (C=O) groups is 1. The van der Waals surface area contributed by atoms with Crippen LogP contribution in [0.4, 0.5) is 14.5 Å². The summed E-state index contributed by atoms with van der Waals surface area (Å²) in [6.07, 6.45) is 3.70. The van der Waals surface area contributed by atoms with Crippen molar-refractivity contribution in [2.24, 2.45) is 0 Å². The predicted molar refractivity (Wildman–Crippen MR) is 95.4 cm³/mol. The van der Waals surface area contributed by atoms with Crippen molar-refractivity contribution in [2.45, 2.75) is 26.4 Å². The minimum Gasteiger partial charge on any atom is -0.493 e. The molecule has 1 aliphatic heterocycles. The quantitative estimate of drug-likeness (QED) is 0.808. The van der Waals surface area contributed by atoms with Crippen molar-refractivity contribution in [3.05, 3.63) is 59.2 Å². The Bertz CT molecular complexity index is 864. The van der Waals surface area contributed by atoms with Gasteiger partial charge in [0.2, 0.25) is 5.91 Å². The van der Waals surface area contributed by atoms with E-state index in [2.05, 4.69) is 5.32 Å². The minimum absolute atomic E-state index is 0.0953. The summed E-state index contributed by atoms with van der Waals surface area (Å²) < 4.78 is 38.1. The summed E-state index contributed by atoms with van der Waals surface area (Å²) in [5.74, 6) is -0.508. The van der Waals surface area contributed by atoms with Crippen molar-refractivity contribution in [1.82, 2.24) is 0 Å². The Morgan fingerprint density at radius 3 is 2.92 bits per heavy atom. The van der Waals surface area contributed by atoms with Gasteiger partial charge in [0, 0.05) is 29.7 Å². The number of halogens is 2. The molecule has 3 rings (SSSR count). The molecule has 1 amide bonds. The summed E-state index contributed by atoms with van der Waals surface area (Å²) in [4.78, 5) is 12.0. The molecule has 0 aliphatic carbocycles. The van der Waals surface area contributed by atoms with E-state index < -0.39 is 17.5 Å². The summed E-state index contributed by atoms with van der Waals surface area (Å²) in [7, 11) is 0. The first kappa shape index (κ1) is 17.9. The van der Waals surface area contributed by atoms with Crippen LogP contribution in [0.15, 0.2) is 36.4 Å². The zero-order chi connectivity index (χ0) is 18.7. The van der Waals surface area contributed by atoms with Gasteiger partial charge in [-0.1, -0.05) is 0 Å². The average molecular weight is 359 g/mol. The molecule has 26 heavy (non-hydrogen) atoms. The van der Waals surface area contributed by atoms with Gasteiger partial charge in [0.25, 0.3) is 0 Å². The molecule has 0 fully saturated rings. The van der Waals surface area contributed by atoms with E-state index in [1.54, 1.807) is 6.08 Å². The largest absolute Gasteiger partial charge is 0.493 e. The van der Waals surface area contributed by atoms with Gasteiger partial charge in [0.1, 0.15) is 29.2 Å². The molecule has 2 aromatic carbocycles. The summed E-state index contributed by atoms with van der Waals surface area (Å²) in [6.45, 7) is 4.34. The number of anilines is 1. The van der Waals surface area contributed by atoms with Gasteiger partial charge in [0.05, 0.1) is 12.3 Å². The summed E-state index contributed by atoms with van der Waals surface area (Å²) in [5.41, 5.74) is 1.52. The van der Waals surface area contributed by atoms with Crippen LogP contribution in [0.3, 0.4) is 0 Å². The summed E-state index contributed by atoms with van der Waals surface area (Å²) in [5, 5.41) is 2.32. The zero-order valence-electron chi connectivity index (χ0n) is 14.5. The second-order valence-electron chi connectivity index (χ2n) is 6.01. The second-order valence-corrected chi connectivity index (χ2v) is 6.01. The standard InChI is InChI=1S/C20H19F2NO3/c1-3-25-18-10-14-8-12(2)26-19(14)9-13(18)4-7-20(24)23-17-11-15(21)5-6-16(17)22/h4-7,9-12H,3,8H2,1-2H3,(H,23,24). The van der Waals surface area contributed by atoms with Crippen LogP contribution in [0.1, 0.15) is 25.0 Å². The van der Waals surface area contributed by atoms with E-state index in [4.69, 9.17) is 9.47 Å². The number of carbonyl (C=O) groups excluding carboxylic acids is 1. The third-order valence-electron chi connectivity index (χ3n) is 3.93. The van der Waals surface area contributed by atoms with Crippen LogP contribution < -0.4 is 14.8 Å². The lowest BCUT2D eigenvalue weighted by Gasteiger charge is -2.10. The fraction of sp³-hybridized carbons (Fsp3) is 0.250. The van der Waals surface area contributed by atoms with E-state index >= 15 is 0 Å². The van der Waals surface area contributed by atoms with E-state index in [1.807, 2.05) is 26.0 Å². The number of rotatable bonds is 5. The van der Waals surface area contributed by atoms with E-state index in [-0.39, 0.29) is 11.8 Å². The molecule has 0 aromatic heterocycles. The van der Waals surface area contributed by atoms with Gasteiger partial charge in [-0.05, 0) is 44.2 Å². The molecule has 0 spiro atoms. The lowest BCUT2D eigenvalue weighted by atomic mass is 10.1. The number of amides is 1. The molecule has 136 valence electrons. The molecular weight excluding hydrogens is 340 g/mol. The highest BCUT2D eigenvalue weighted by atomic mass is 19.1. The summed E-state index contributed by atoms with van der Waals surface area (Å²) >= 11 is 0. The first-order chi connectivity index (χ1) is 12.5. The maximum atomic E-state index is 13.6. The van der Waals surface area contributed by atoms with E-state index in [1.165, 1.54) is 6.08 Å². The number of benzene rings is 2. The van der Waals surface area contributed by atoms with Crippen molar-refractivity contribution >= 4 is 17.7 Å². The van der Waals surface area contributed by atoms with Crippen LogP contribution in [-0.4, -0.2) is 18.6 Å². The molecule has 0 saturated heterocycles. The molecule has 4 nitrogen and oxygen atoms in total.